The number of unbranched alkanes of at least 4 members (excludes halogenated alkanes) is 1. The van der Waals surface area contributed by atoms with Gasteiger partial charge in [0.1, 0.15) is 0 Å². The van der Waals surface area contributed by atoms with Crippen LogP contribution in [-0.2, 0) is 0 Å². The van der Waals surface area contributed by atoms with Gasteiger partial charge in [-0.15, -0.1) is 0 Å². The second kappa shape index (κ2) is 10.3. The lowest BCUT2D eigenvalue weighted by Crippen LogP contribution is -2.33. The van der Waals surface area contributed by atoms with Gasteiger partial charge >= 0.3 is 0 Å². The van der Waals surface area contributed by atoms with Gasteiger partial charge in [-0.05, 0) is 47.8 Å². The molecule has 154 valence electrons. The van der Waals surface area contributed by atoms with E-state index in [0.717, 1.165) is 47.2 Å². The molecule has 2 aromatic rings. The summed E-state index contributed by atoms with van der Waals surface area (Å²) in [7, 11) is 0. The minimum Gasteiger partial charge on any atom is -0.390 e. The van der Waals surface area contributed by atoms with E-state index in [-0.39, 0.29) is 12.6 Å². The van der Waals surface area contributed by atoms with Crippen LogP contribution in [-0.4, -0.2) is 22.7 Å². The molecule has 0 amide bonds. The van der Waals surface area contributed by atoms with Crippen LogP contribution in [0.1, 0.15) is 44.2 Å². The van der Waals surface area contributed by atoms with Crippen molar-refractivity contribution in [2.75, 3.05) is 6.61 Å². The van der Waals surface area contributed by atoms with Crippen molar-refractivity contribution >= 4 is 17.7 Å². The van der Waals surface area contributed by atoms with E-state index < -0.39 is 0 Å². The first kappa shape index (κ1) is 21.9. The molecular weight excluding hydrogens is 392 g/mol. The lowest BCUT2D eigenvalue weighted by Gasteiger charge is -2.35. The molecule has 0 bridgehead atoms. The van der Waals surface area contributed by atoms with Crippen molar-refractivity contribution in [1.29, 1.82) is 5.26 Å². The van der Waals surface area contributed by atoms with E-state index in [2.05, 4.69) is 24.0 Å². The van der Waals surface area contributed by atoms with Gasteiger partial charge < -0.3 is 10.0 Å². The fraction of sp³-hybridized carbons (Fsp3) is 0.269. The summed E-state index contributed by atoms with van der Waals surface area (Å²) in [4.78, 5) is 2.09. The first-order valence-corrected chi connectivity index (χ1v) is 10.7. The first-order chi connectivity index (χ1) is 14.6. The SMILES string of the molecule is CCCCC1C=C(C)C(Cl)=C(CO)N1/C=C/c1ccc(-c2ccccc2C#N)cc1. The van der Waals surface area contributed by atoms with Crippen LogP contribution < -0.4 is 0 Å². The maximum absolute atomic E-state index is 9.93. The second-order valence-corrected chi connectivity index (χ2v) is 7.86. The van der Waals surface area contributed by atoms with Crippen molar-refractivity contribution in [1.82, 2.24) is 4.90 Å². The monoisotopic (exact) mass is 418 g/mol. The van der Waals surface area contributed by atoms with E-state index in [1.165, 1.54) is 0 Å². The molecule has 0 saturated carbocycles. The number of halogens is 1. The average Bonchev–Trinajstić information content (AvgIpc) is 2.78. The number of nitriles is 1. The summed E-state index contributed by atoms with van der Waals surface area (Å²) >= 11 is 6.48. The van der Waals surface area contributed by atoms with Gasteiger partial charge in [-0.3, -0.25) is 0 Å². The number of benzene rings is 2. The van der Waals surface area contributed by atoms with Gasteiger partial charge in [0.05, 0.1) is 35.0 Å². The van der Waals surface area contributed by atoms with Crippen LogP contribution in [0.15, 0.2) is 77.1 Å². The molecule has 1 aliphatic heterocycles. The molecule has 1 unspecified atom stereocenters. The minimum absolute atomic E-state index is 0.0964. The number of hydrogen-bond donors (Lipinski definition) is 1. The summed E-state index contributed by atoms with van der Waals surface area (Å²) in [6.07, 6.45) is 9.47. The van der Waals surface area contributed by atoms with Crippen molar-refractivity contribution in [3.63, 3.8) is 0 Å². The van der Waals surface area contributed by atoms with Gasteiger partial charge in [-0.2, -0.15) is 5.26 Å². The normalized spacial score (nSPS) is 16.7. The van der Waals surface area contributed by atoms with Crippen LogP contribution in [0.4, 0.5) is 0 Å². The van der Waals surface area contributed by atoms with Crippen molar-refractivity contribution in [3.05, 3.63) is 88.2 Å². The van der Waals surface area contributed by atoms with Gasteiger partial charge in [0.15, 0.2) is 0 Å². The Morgan fingerprint density at radius 1 is 1.17 bits per heavy atom. The summed E-state index contributed by atoms with van der Waals surface area (Å²) in [6, 6.07) is 18.2. The average molecular weight is 419 g/mol. The Labute approximate surface area is 184 Å². The van der Waals surface area contributed by atoms with Crippen molar-refractivity contribution in [2.24, 2.45) is 0 Å². The Bertz CT molecular complexity index is 1010. The molecule has 0 aliphatic carbocycles. The summed E-state index contributed by atoms with van der Waals surface area (Å²) < 4.78 is 0. The quantitative estimate of drug-likeness (QED) is 0.561. The fourth-order valence-electron chi connectivity index (χ4n) is 3.74. The van der Waals surface area contributed by atoms with Gasteiger partial charge in [0.2, 0.25) is 0 Å². The molecule has 0 fully saturated rings. The second-order valence-electron chi connectivity index (χ2n) is 7.48. The molecule has 3 rings (SSSR count). The van der Waals surface area contributed by atoms with Crippen molar-refractivity contribution < 1.29 is 5.11 Å². The molecule has 1 N–H and O–H groups in total. The highest BCUT2D eigenvalue weighted by atomic mass is 35.5. The zero-order valence-corrected chi connectivity index (χ0v) is 18.2. The standard InChI is InChI=1S/C26H27ClN2O/c1-3-4-8-23-16-19(2)26(27)25(18-30)29(23)15-14-20-10-12-21(13-11-20)24-9-6-5-7-22(24)17-28/h5-7,9-16,23,30H,3-4,8,18H2,1-2H3/b15-14+. The van der Waals surface area contributed by atoms with E-state index in [4.69, 9.17) is 11.6 Å². The van der Waals surface area contributed by atoms with Gasteiger partial charge in [0, 0.05) is 6.20 Å². The van der Waals surface area contributed by atoms with Crippen molar-refractivity contribution in [3.8, 4) is 17.2 Å². The van der Waals surface area contributed by atoms with Gasteiger partial charge in [0.25, 0.3) is 0 Å². The van der Waals surface area contributed by atoms with Crippen molar-refractivity contribution in [2.45, 2.75) is 39.2 Å². The largest absolute Gasteiger partial charge is 0.390 e. The zero-order valence-electron chi connectivity index (χ0n) is 17.5. The summed E-state index contributed by atoms with van der Waals surface area (Å²) in [5, 5.41) is 19.9. The van der Waals surface area contributed by atoms with Crippen LogP contribution in [0, 0.1) is 11.3 Å². The predicted molar refractivity (Wildman–Crippen MR) is 125 cm³/mol. The van der Waals surface area contributed by atoms with Gasteiger partial charge in [-0.1, -0.05) is 79.9 Å². The fourth-order valence-corrected chi connectivity index (χ4v) is 3.96. The Hall–Kier alpha value is -2.80. The highest BCUT2D eigenvalue weighted by molar-refractivity contribution is 6.32. The topological polar surface area (TPSA) is 47.3 Å². The molecule has 4 heteroatoms. The molecule has 1 atom stereocenters. The molecular formula is C26H27ClN2O. The maximum Gasteiger partial charge on any atom is 0.0998 e. The Morgan fingerprint density at radius 2 is 1.90 bits per heavy atom. The van der Waals surface area contributed by atoms with Crippen LogP contribution >= 0.6 is 11.6 Å². The van der Waals surface area contributed by atoms with E-state index in [1.54, 1.807) is 0 Å². The lowest BCUT2D eigenvalue weighted by molar-refractivity contribution is 0.260. The van der Waals surface area contributed by atoms with Crippen LogP contribution in [0.5, 0.6) is 0 Å². The summed E-state index contributed by atoms with van der Waals surface area (Å²) in [5.74, 6) is 0. The molecule has 0 saturated heterocycles. The van der Waals surface area contributed by atoms with E-state index in [0.29, 0.717) is 10.6 Å². The molecule has 1 heterocycles. The third kappa shape index (κ3) is 4.84. The zero-order chi connectivity index (χ0) is 21.5. The summed E-state index contributed by atoms with van der Waals surface area (Å²) in [6.45, 7) is 4.08. The minimum atomic E-state index is -0.0964. The molecule has 1 aliphatic rings. The number of nitrogens with zero attached hydrogens (tertiary/aromatic N) is 2. The molecule has 30 heavy (non-hydrogen) atoms. The third-order valence-electron chi connectivity index (χ3n) is 5.41. The summed E-state index contributed by atoms with van der Waals surface area (Å²) in [5.41, 5.74) is 5.43. The molecule has 0 radical (unpaired) electrons. The number of hydrogen-bond acceptors (Lipinski definition) is 3. The molecule has 0 spiro atoms. The number of allylic oxidation sites excluding steroid dienone is 2. The van der Waals surface area contributed by atoms with E-state index >= 15 is 0 Å². The lowest BCUT2D eigenvalue weighted by atomic mass is 9.99. The number of rotatable bonds is 7. The molecule has 0 aromatic heterocycles. The first-order valence-electron chi connectivity index (χ1n) is 10.3. The predicted octanol–water partition coefficient (Wildman–Crippen LogP) is 6.46. The Balaban J connectivity index is 1.85. The molecule has 3 nitrogen and oxygen atoms in total. The highest BCUT2D eigenvalue weighted by Gasteiger charge is 2.24. The van der Waals surface area contributed by atoms with Crippen LogP contribution in [0.25, 0.3) is 17.2 Å². The number of aliphatic hydroxyl groups excluding tert-OH is 1. The third-order valence-corrected chi connectivity index (χ3v) is 5.93. The smallest absolute Gasteiger partial charge is 0.0998 e. The molecule has 2 aromatic carbocycles. The number of aliphatic hydroxyl groups is 1. The Morgan fingerprint density at radius 3 is 2.57 bits per heavy atom. The van der Waals surface area contributed by atoms with Crippen LogP contribution in [0.2, 0.25) is 0 Å². The maximum atomic E-state index is 9.93. The van der Waals surface area contributed by atoms with Crippen LogP contribution in [0.3, 0.4) is 0 Å². The van der Waals surface area contributed by atoms with E-state index in [1.807, 2.05) is 67.7 Å². The Kier molecular flexibility index (Phi) is 7.52. The highest BCUT2D eigenvalue weighted by Crippen LogP contribution is 2.32. The van der Waals surface area contributed by atoms with Gasteiger partial charge in [-0.25, -0.2) is 0 Å². The van der Waals surface area contributed by atoms with E-state index in [9.17, 15) is 10.4 Å².